The fourth-order valence-corrected chi connectivity index (χ4v) is 3.20. The average Bonchev–Trinajstić information content (AvgIpc) is 2.46. The molecule has 0 aromatic heterocycles. The Bertz CT molecular complexity index is 294. The van der Waals surface area contributed by atoms with Crippen molar-refractivity contribution in [3.63, 3.8) is 0 Å². The molecule has 0 bridgehead atoms. The van der Waals surface area contributed by atoms with E-state index < -0.39 is 0 Å². The van der Waals surface area contributed by atoms with Gasteiger partial charge in [-0.1, -0.05) is 6.92 Å². The second-order valence-electron chi connectivity index (χ2n) is 6.43. The van der Waals surface area contributed by atoms with Crippen molar-refractivity contribution in [2.75, 3.05) is 39.3 Å². The molecule has 2 rings (SSSR count). The zero-order valence-corrected chi connectivity index (χ0v) is 12.8. The van der Waals surface area contributed by atoms with Crippen LogP contribution in [0.25, 0.3) is 0 Å². The molecule has 2 aliphatic heterocycles. The summed E-state index contributed by atoms with van der Waals surface area (Å²) in [7, 11) is 0. The van der Waals surface area contributed by atoms with Crippen LogP contribution in [0.15, 0.2) is 0 Å². The molecule has 2 saturated heterocycles. The van der Waals surface area contributed by atoms with E-state index in [1.165, 1.54) is 38.9 Å². The van der Waals surface area contributed by atoms with Crippen LogP contribution in [0.4, 0.5) is 4.79 Å². The summed E-state index contributed by atoms with van der Waals surface area (Å²) in [5.74, 6) is 0.916. The van der Waals surface area contributed by atoms with Crippen molar-refractivity contribution in [2.24, 2.45) is 11.7 Å². The monoisotopic (exact) mass is 282 g/mol. The normalized spacial score (nSPS) is 23.1. The second-order valence-corrected chi connectivity index (χ2v) is 6.43. The van der Waals surface area contributed by atoms with Crippen molar-refractivity contribution in [3.8, 4) is 0 Å². The largest absolute Gasteiger partial charge is 0.351 e. The van der Waals surface area contributed by atoms with E-state index in [9.17, 15) is 4.79 Å². The molecule has 0 unspecified atom stereocenters. The van der Waals surface area contributed by atoms with Gasteiger partial charge in [-0.05, 0) is 64.2 Å². The number of nitrogens with two attached hydrogens (primary N) is 1. The van der Waals surface area contributed by atoms with E-state index in [-0.39, 0.29) is 6.03 Å². The maximum Gasteiger partial charge on any atom is 0.314 e. The van der Waals surface area contributed by atoms with Crippen LogP contribution < -0.4 is 11.1 Å². The molecular weight excluding hydrogens is 252 g/mol. The molecule has 0 radical (unpaired) electrons. The predicted molar refractivity (Wildman–Crippen MR) is 81.6 cm³/mol. The lowest BCUT2D eigenvalue weighted by Crippen LogP contribution is -2.47. The summed E-state index contributed by atoms with van der Waals surface area (Å²) in [5, 5.41) is 3.62. The fourth-order valence-electron chi connectivity index (χ4n) is 3.20. The van der Waals surface area contributed by atoms with Gasteiger partial charge in [0.05, 0.1) is 0 Å². The highest BCUT2D eigenvalue weighted by atomic mass is 16.2. The highest BCUT2D eigenvalue weighted by Gasteiger charge is 2.20. The van der Waals surface area contributed by atoms with Crippen molar-refractivity contribution >= 4 is 6.03 Å². The molecule has 20 heavy (non-hydrogen) atoms. The Kier molecular flexibility index (Phi) is 6.10. The molecule has 5 heteroatoms. The van der Waals surface area contributed by atoms with E-state index in [1.54, 1.807) is 4.90 Å². The third-order valence-corrected chi connectivity index (χ3v) is 4.77. The minimum Gasteiger partial charge on any atom is -0.351 e. The summed E-state index contributed by atoms with van der Waals surface area (Å²) in [5.41, 5.74) is 5.29. The minimum absolute atomic E-state index is 0.275. The Morgan fingerprint density at radius 2 is 1.80 bits per heavy atom. The summed E-state index contributed by atoms with van der Waals surface area (Å²) in [6.07, 6.45) is 6.01. The number of nitrogens with zero attached hydrogens (tertiary/aromatic N) is 2. The van der Waals surface area contributed by atoms with E-state index in [0.29, 0.717) is 6.04 Å². The molecule has 0 aromatic carbocycles. The zero-order chi connectivity index (χ0) is 14.4. The molecule has 2 amide bonds. The van der Waals surface area contributed by atoms with Crippen LogP contribution in [-0.4, -0.2) is 61.1 Å². The number of hydrogen-bond acceptors (Lipinski definition) is 3. The van der Waals surface area contributed by atoms with Crippen molar-refractivity contribution in [1.29, 1.82) is 0 Å². The lowest BCUT2D eigenvalue weighted by atomic mass is 9.99. The second kappa shape index (κ2) is 7.84. The minimum atomic E-state index is -0.275. The smallest absolute Gasteiger partial charge is 0.314 e. The van der Waals surface area contributed by atoms with Gasteiger partial charge in [0.25, 0.3) is 0 Å². The molecule has 0 spiro atoms. The van der Waals surface area contributed by atoms with Crippen LogP contribution in [-0.2, 0) is 0 Å². The van der Waals surface area contributed by atoms with E-state index in [0.717, 1.165) is 38.4 Å². The third kappa shape index (κ3) is 4.94. The standard InChI is InChI=1S/C15H30N4O/c1-13-3-9-18(10-4-13)8-2-7-17-14-5-11-19(12-6-14)15(16)20/h13-14,17H,2-12H2,1H3,(H2,16,20). The van der Waals surface area contributed by atoms with Crippen LogP contribution in [0.3, 0.4) is 0 Å². The Balaban J connectivity index is 1.50. The van der Waals surface area contributed by atoms with Gasteiger partial charge in [0.15, 0.2) is 0 Å². The van der Waals surface area contributed by atoms with Gasteiger partial charge >= 0.3 is 6.03 Å². The maximum absolute atomic E-state index is 11.0. The lowest BCUT2D eigenvalue weighted by Gasteiger charge is -2.32. The van der Waals surface area contributed by atoms with Crippen LogP contribution in [0.1, 0.15) is 39.0 Å². The summed E-state index contributed by atoms with van der Waals surface area (Å²) < 4.78 is 0. The predicted octanol–water partition coefficient (Wildman–Crippen LogP) is 1.24. The Hall–Kier alpha value is -0.810. The first-order valence-corrected chi connectivity index (χ1v) is 8.15. The first kappa shape index (κ1) is 15.6. The SMILES string of the molecule is CC1CCN(CCCNC2CCN(C(N)=O)CC2)CC1. The molecule has 5 nitrogen and oxygen atoms in total. The Labute approximate surface area is 122 Å². The lowest BCUT2D eigenvalue weighted by molar-refractivity contribution is 0.180. The third-order valence-electron chi connectivity index (χ3n) is 4.77. The van der Waals surface area contributed by atoms with Gasteiger partial charge in [-0.15, -0.1) is 0 Å². The molecule has 2 heterocycles. The van der Waals surface area contributed by atoms with Gasteiger partial charge in [-0.25, -0.2) is 4.79 Å². The number of carbonyl (C=O) groups is 1. The molecule has 0 atom stereocenters. The number of likely N-dealkylation sites (tertiary alicyclic amines) is 2. The van der Waals surface area contributed by atoms with Crippen LogP contribution in [0, 0.1) is 5.92 Å². The molecule has 2 fully saturated rings. The highest BCUT2D eigenvalue weighted by Crippen LogP contribution is 2.16. The molecule has 0 aliphatic carbocycles. The van der Waals surface area contributed by atoms with Crippen LogP contribution in [0.2, 0.25) is 0 Å². The van der Waals surface area contributed by atoms with Crippen molar-refractivity contribution < 1.29 is 4.79 Å². The average molecular weight is 282 g/mol. The highest BCUT2D eigenvalue weighted by molar-refractivity contribution is 5.72. The number of nitrogens with one attached hydrogen (secondary N) is 1. The molecule has 3 N–H and O–H groups in total. The van der Waals surface area contributed by atoms with Crippen LogP contribution >= 0.6 is 0 Å². The summed E-state index contributed by atoms with van der Waals surface area (Å²) >= 11 is 0. The number of rotatable bonds is 5. The van der Waals surface area contributed by atoms with Gasteiger partial charge in [0.1, 0.15) is 0 Å². The number of piperidine rings is 2. The molecule has 0 saturated carbocycles. The Morgan fingerprint density at radius 3 is 2.40 bits per heavy atom. The maximum atomic E-state index is 11.0. The first-order chi connectivity index (χ1) is 9.65. The number of carbonyl (C=O) groups excluding carboxylic acids is 1. The van der Waals surface area contributed by atoms with E-state index in [1.807, 2.05) is 0 Å². The fraction of sp³-hybridized carbons (Fsp3) is 0.933. The molecule has 2 aliphatic rings. The van der Waals surface area contributed by atoms with Crippen molar-refractivity contribution in [3.05, 3.63) is 0 Å². The Morgan fingerprint density at radius 1 is 1.15 bits per heavy atom. The number of amides is 2. The van der Waals surface area contributed by atoms with E-state index in [4.69, 9.17) is 5.73 Å². The van der Waals surface area contributed by atoms with Gasteiger partial charge in [0.2, 0.25) is 0 Å². The van der Waals surface area contributed by atoms with E-state index in [2.05, 4.69) is 17.1 Å². The van der Waals surface area contributed by atoms with Gasteiger partial charge in [0, 0.05) is 19.1 Å². The number of hydrogen-bond donors (Lipinski definition) is 2. The summed E-state index contributed by atoms with van der Waals surface area (Å²) in [6.45, 7) is 8.83. The first-order valence-electron chi connectivity index (χ1n) is 8.15. The molecular formula is C15H30N4O. The number of primary amides is 1. The zero-order valence-electron chi connectivity index (χ0n) is 12.8. The van der Waals surface area contributed by atoms with E-state index >= 15 is 0 Å². The van der Waals surface area contributed by atoms with Crippen LogP contribution in [0.5, 0.6) is 0 Å². The van der Waals surface area contributed by atoms with Gasteiger partial charge in [-0.3, -0.25) is 0 Å². The summed E-state index contributed by atoms with van der Waals surface area (Å²) in [4.78, 5) is 15.4. The van der Waals surface area contributed by atoms with Gasteiger partial charge < -0.3 is 20.9 Å². The molecule has 0 aromatic rings. The van der Waals surface area contributed by atoms with Gasteiger partial charge in [-0.2, -0.15) is 0 Å². The topological polar surface area (TPSA) is 61.6 Å². The van der Waals surface area contributed by atoms with Crippen molar-refractivity contribution in [1.82, 2.24) is 15.1 Å². The van der Waals surface area contributed by atoms with Crippen molar-refractivity contribution in [2.45, 2.75) is 45.1 Å². The molecule has 116 valence electrons. The summed E-state index contributed by atoms with van der Waals surface area (Å²) in [6, 6.07) is 0.287. The number of urea groups is 1. The quantitative estimate of drug-likeness (QED) is 0.746.